The van der Waals surface area contributed by atoms with E-state index in [0.29, 0.717) is 11.3 Å². The van der Waals surface area contributed by atoms with Crippen LogP contribution in [0.1, 0.15) is 24.2 Å². The van der Waals surface area contributed by atoms with Crippen LogP contribution in [0.15, 0.2) is 53.6 Å². The minimum absolute atomic E-state index is 0.176. The summed E-state index contributed by atoms with van der Waals surface area (Å²) < 4.78 is 5.21. The van der Waals surface area contributed by atoms with Gasteiger partial charge in [-0.2, -0.15) is 10.4 Å². The summed E-state index contributed by atoms with van der Waals surface area (Å²) >= 11 is 0. The van der Waals surface area contributed by atoms with Gasteiger partial charge in [0.25, 0.3) is 0 Å². The standard InChI is InChI=1S/C19H19N5O2/c1-12(2)26-19(25)15-5-3-4-14(10-15)13-6-8-16(9-7-13)23-24-17(11-20)18(21)22/h3-10,12,23H,1-2H3,(H3,21,22)/b24-17+. The number of esters is 1. The van der Waals surface area contributed by atoms with Crippen molar-refractivity contribution in [2.24, 2.45) is 10.8 Å². The second kappa shape index (κ2) is 8.44. The van der Waals surface area contributed by atoms with E-state index in [4.69, 9.17) is 21.1 Å². The first-order valence-electron chi connectivity index (χ1n) is 7.90. The maximum Gasteiger partial charge on any atom is 0.338 e. The van der Waals surface area contributed by atoms with Crippen LogP contribution >= 0.6 is 0 Å². The molecule has 0 unspecified atom stereocenters. The van der Waals surface area contributed by atoms with Crippen molar-refractivity contribution in [3.8, 4) is 17.2 Å². The number of anilines is 1. The molecule has 0 aliphatic carbocycles. The predicted molar refractivity (Wildman–Crippen MR) is 101 cm³/mol. The minimum Gasteiger partial charge on any atom is -0.459 e. The molecule has 2 aromatic rings. The van der Waals surface area contributed by atoms with Crippen LogP contribution in [0, 0.1) is 16.7 Å². The van der Waals surface area contributed by atoms with Gasteiger partial charge in [-0.05, 0) is 49.2 Å². The molecule has 0 amide bonds. The van der Waals surface area contributed by atoms with Gasteiger partial charge in [0.2, 0.25) is 5.71 Å². The molecule has 4 N–H and O–H groups in total. The van der Waals surface area contributed by atoms with Gasteiger partial charge in [-0.1, -0.05) is 24.3 Å². The van der Waals surface area contributed by atoms with Crippen LogP contribution in [0.5, 0.6) is 0 Å². The Kier molecular flexibility index (Phi) is 6.06. The topological polar surface area (TPSA) is 124 Å². The summed E-state index contributed by atoms with van der Waals surface area (Å²) in [6.07, 6.45) is -0.176. The van der Waals surface area contributed by atoms with Gasteiger partial charge in [-0.3, -0.25) is 10.8 Å². The highest BCUT2D eigenvalue weighted by atomic mass is 16.5. The summed E-state index contributed by atoms with van der Waals surface area (Å²) in [5, 5.41) is 19.8. The van der Waals surface area contributed by atoms with Crippen molar-refractivity contribution < 1.29 is 9.53 Å². The molecular formula is C19H19N5O2. The molecule has 7 heteroatoms. The van der Waals surface area contributed by atoms with Crippen LogP contribution in [0.2, 0.25) is 0 Å². The fraction of sp³-hybridized carbons (Fsp3) is 0.158. The third-order valence-corrected chi connectivity index (χ3v) is 3.32. The number of benzene rings is 2. The van der Waals surface area contributed by atoms with Crippen molar-refractivity contribution in [2.45, 2.75) is 20.0 Å². The van der Waals surface area contributed by atoms with E-state index in [9.17, 15) is 4.79 Å². The number of nitrogens with two attached hydrogens (primary N) is 1. The molecule has 0 aromatic heterocycles. The SMILES string of the molecule is CC(C)OC(=O)c1cccc(-c2ccc(N/N=C(\C#N)C(=N)N)cc2)c1. The number of nitrogens with zero attached hydrogens (tertiary/aromatic N) is 2. The molecule has 0 bridgehead atoms. The van der Waals surface area contributed by atoms with E-state index in [1.165, 1.54) is 0 Å². The molecule has 0 aliphatic heterocycles. The number of carbonyl (C=O) groups excluding carboxylic acids is 1. The maximum atomic E-state index is 12.0. The van der Waals surface area contributed by atoms with E-state index in [-0.39, 0.29) is 17.8 Å². The number of nitriles is 1. The molecular weight excluding hydrogens is 330 g/mol. The molecule has 2 aromatic carbocycles. The molecule has 2 rings (SSSR count). The fourth-order valence-corrected chi connectivity index (χ4v) is 2.11. The molecule has 0 fully saturated rings. The van der Waals surface area contributed by atoms with Crippen LogP contribution in [0.4, 0.5) is 5.69 Å². The first-order chi connectivity index (χ1) is 12.4. The van der Waals surface area contributed by atoms with Crippen LogP contribution in [-0.2, 0) is 4.74 Å². The second-order valence-corrected chi connectivity index (χ2v) is 5.71. The maximum absolute atomic E-state index is 12.0. The number of rotatable bonds is 6. The molecule has 0 atom stereocenters. The van der Waals surface area contributed by atoms with Crippen molar-refractivity contribution in [3.63, 3.8) is 0 Å². The Morgan fingerprint density at radius 3 is 2.50 bits per heavy atom. The molecule has 0 saturated carbocycles. The summed E-state index contributed by atoms with van der Waals surface area (Å²) in [6.45, 7) is 3.61. The Hall–Kier alpha value is -3.66. The molecule has 0 aliphatic rings. The van der Waals surface area contributed by atoms with Gasteiger partial charge in [0.1, 0.15) is 6.07 Å². The lowest BCUT2D eigenvalue weighted by atomic mass is 10.0. The van der Waals surface area contributed by atoms with E-state index >= 15 is 0 Å². The van der Waals surface area contributed by atoms with Gasteiger partial charge < -0.3 is 10.5 Å². The Morgan fingerprint density at radius 1 is 1.23 bits per heavy atom. The Balaban J connectivity index is 2.17. The number of hydrazone groups is 1. The van der Waals surface area contributed by atoms with Gasteiger partial charge in [0, 0.05) is 0 Å². The number of ether oxygens (including phenoxy) is 1. The zero-order valence-corrected chi connectivity index (χ0v) is 14.5. The third-order valence-electron chi connectivity index (χ3n) is 3.32. The molecule has 132 valence electrons. The molecule has 0 spiro atoms. The largest absolute Gasteiger partial charge is 0.459 e. The average Bonchev–Trinajstić information content (AvgIpc) is 2.62. The monoisotopic (exact) mass is 349 g/mol. The lowest BCUT2D eigenvalue weighted by molar-refractivity contribution is 0.0378. The lowest BCUT2D eigenvalue weighted by Gasteiger charge is -2.09. The van der Waals surface area contributed by atoms with Crippen LogP contribution < -0.4 is 11.2 Å². The van der Waals surface area contributed by atoms with Crippen molar-refractivity contribution in [3.05, 3.63) is 54.1 Å². The summed E-state index contributed by atoms with van der Waals surface area (Å²) in [5.41, 5.74) is 10.6. The first kappa shape index (κ1) is 18.7. The molecule has 7 nitrogen and oxygen atoms in total. The minimum atomic E-state index is -0.401. The van der Waals surface area contributed by atoms with Crippen LogP contribution in [0.3, 0.4) is 0 Å². The molecule has 0 radical (unpaired) electrons. The Morgan fingerprint density at radius 2 is 1.92 bits per heavy atom. The van der Waals surface area contributed by atoms with E-state index in [1.807, 2.05) is 18.2 Å². The number of hydrogen-bond donors (Lipinski definition) is 3. The highest BCUT2D eigenvalue weighted by molar-refractivity contribution is 6.45. The highest BCUT2D eigenvalue weighted by Crippen LogP contribution is 2.23. The zero-order chi connectivity index (χ0) is 19.1. The normalized spacial score (nSPS) is 10.9. The third kappa shape index (κ3) is 4.92. The predicted octanol–water partition coefficient (Wildman–Crippen LogP) is 3.15. The van der Waals surface area contributed by atoms with Gasteiger partial charge in [-0.15, -0.1) is 0 Å². The lowest BCUT2D eigenvalue weighted by Crippen LogP contribution is -2.21. The molecule has 0 saturated heterocycles. The Labute approximate surface area is 151 Å². The summed E-state index contributed by atoms with van der Waals surface area (Å²) in [4.78, 5) is 12.0. The fourth-order valence-electron chi connectivity index (χ4n) is 2.11. The molecule has 0 heterocycles. The van der Waals surface area contributed by atoms with Crippen molar-refractivity contribution in [1.29, 1.82) is 10.7 Å². The number of carbonyl (C=O) groups is 1. The van der Waals surface area contributed by atoms with E-state index in [1.54, 1.807) is 50.2 Å². The quantitative estimate of drug-likeness (QED) is 0.320. The van der Waals surface area contributed by atoms with Gasteiger partial charge in [-0.25, -0.2) is 4.79 Å². The highest BCUT2D eigenvalue weighted by Gasteiger charge is 2.10. The van der Waals surface area contributed by atoms with Gasteiger partial charge in [0.05, 0.1) is 17.4 Å². The average molecular weight is 349 g/mol. The van der Waals surface area contributed by atoms with Crippen LogP contribution in [-0.4, -0.2) is 23.6 Å². The number of amidine groups is 1. The van der Waals surface area contributed by atoms with Gasteiger partial charge in [0.15, 0.2) is 5.84 Å². The summed E-state index contributed by atoms with van der Waals surface area (Å²) in [7, 11) is 0. The molecule has 26 heavy (non-hydrogen) atoms. The first-order valence-corrected chi connectivity index (χ1v) is 7.90. The van der Waals surface area contributed by atoms with E-state index in [2.05, 4.69) is 10.5 Å². The number of hydrogen-bond acceptors (Lipinski definition) is 6. The van der Waals surface area contributed by atoms with Crippen molar-refractivity contribution >= 4 is 23.2 Å². The second-order valence-electron chi connectivity index (χ2n) is 5.71. The van der Waals surface area contributed by atoms with Crippen molar-refractivity contribution in [1.82, 2.24) is 0 Å². The van der Waals surface area contributed by atoms with Crippen LogP contribution in [0.25, 0.3) is 11.1 Å². The van der Waals surface area contributed by atoms with Gasteiger partial charge >= 0.3 is 5.97 Å². The summed E-state index contributed by atoms with van der Waals surface area (Å²) in [6, 6.07) is 16.2. The van der Waals surface area contributed by atoms with Crippen molar-refractivity contribution in [2.75, 3.05) is 5.43 Å². The number of nitrogens with one attached hydrogen (secondary N) is 2. The Bertz CT molecular complexity index is 880. The van der Waals surface area contributed by atoms with E-state index in [0.717, 1.165) is 11.1 Å². The zero-order valence-electron chi connectivity index (χ0n) is 14.5. The smallest absolute Gasteiger partial charge is 0.338 e. The van der Waals surface area contributed by atoms with E-state index < -0.39 is 5.84 Å². The summed E-state index contributed by atoms with van der Waals surface area (Å²) in [5.74, 6) is -0.760.